The summed E-state index contributed by atoms with van der Waals surface area (Å²) in [5.74, 6) is 0.829. The molecule has 0 spiro atoms. The van der Waals surface area contributed by atoms with E-state index in [-0.39, 0.29) is 18.3 Å². The van der Waals surface area contributed by atoms with E-state index in [0.717, 1.165) is 45.7 Å². The Labute approximate surface area is 151 Å². The molecule has 1 amide bonds. The van der Waals surface area contributed by atoms with Crippen LogP contribution in [0.4, 0.5) is 0 Å². The number of rotatable bonds is 5. The van der Waals surface area contributed by atoms with Crippen molar-refractivity contribution in [1.82, 2.24) is 20.9 Å². The summed E-state index contributed by atoms with van der Waals surface area (Å²) in [4.78, 5) is 13.7. The highest BCUT2D eigenvalue weighted by atomic mass is 35.5. The zero-order valence-electron chi connectivity index (χ0n) is 14.8. The number of amides is 1. The van der Waals surface area contributed by atoms with E-state index in [1.54, 1.807) is 7.05 Å². The molecule has 0 aromatic carbocycles. The molecule has 1 saturated carbocycles. The van der Waals surface area contributed by atoms with Crippen LogP contribution in [-0.2, 0) is 9.53 Å². The highest BCUT2D eigenvalue weighted by Crippen LogP contribution is 2.30. The van der Waals surface area contributed by atoms with Gasteiger partial charge in [0.05, 0.1) is 19.8 Å². The Bertz CT molecular complexity index is 385. The minimum atomic E-state index is 0. The van der Waals surface area contributed by atoms with Gasteiger partial charge in [-0.25, -0.2) is 0 Å². The average molecular weight is 361 g/mol. The van der Waals surface area contributed by atoms with Crippen LogP contribution in [-0.4, -0.2) is 75.4 Å². The number of nitrogens with zero attached hydrogens (tertiary/aromatic N) is 1. The first-order valence-electron chi connectivity index (χ1n) is 9.26. The van der Waals surface area contributed by atoms with E-state index in [1.807, 2.05) is 0 Å². The average Bonchev–Trinajstić information content (AvgIpc) is 3.05. The topological polar surface area (TPSA) is 65.6 Å². The lowest BCUT2D eigenvalue weighted by Crippen LogP contribution is -2.54. The van der Waals surface area contributed by atoms with Gasteiger partial charge >= 0.3 is 0 Å². The molecule has 2 aliphatic heterocycles. The molecule has 0 bridgehead atoms. The molecule has 0 radical (unpaired) electrons. The van der Waals surface area contributed by atoms with Gasteiger partial charge < -0.3 is 20.7 Å². The van der Waals surface area contributed by atoms with Gasteiger partial charge in [0.1, 0.15) is 0 Å². The lowest BCUT2D eigenvalue weighted by atomic mass is 9.92. The highest BCUT2D eigenvalue weighted by molar-refractivity contribution is 5.85. The Morgan fingerprint density at radius 1 is 1.25 bits per heavy atom. The SMILES string of the molecule is CNC(=O)CN1CCC(NC2CCCC2C2COCCN2)CC1.Cl. The van der Waals surface area contributed by atoms with Gasteiger partial charge in [-0.1, -0.05) is 6.42 Å². The van der Waals surface area contributed by atoms with E-state index in [0.29, 0.717) is 30.6 Å². The number of carbonyl (C=O) groups is 1. The Kier molecular flexibility index (Phi) is 8.23. The molecule has 7 heteroatoms. The van der Waals surface area contributed by atoms with Gasteiger partial charge in [-0.2, -0.15) is 0 Å². The van der Waals surface area contributed by atoms with Gasteiger partial charge in [-0.15, -0.1) is 12.4 Å². The zero-order chi connectivity index (χ0) is 16.1. The summed E-state index contributed by atoms with van der Waals surface area (Å²) in [6, 6.07) is 1.76. The molecule has 3 aliphatic rings. The molecule has 6 nitrogen and oxygen atoms in total. The van der Waals surface area contributed by atoms with Crippen molar-refractivity contribution in [3.05, 3.63) is 0 Å². The quantitative estimate of drug-likeness (QED) is 0.661. The van der Waals surface area contributed by atoms with E-state index in [4.69, 9.17) is 4.74 Å². The van der Waals surface area contributed by atoms with Crippen LogP contribution in [0.1, 0.15) is 32.1 Å². The molecule has 0 aromatic heterocycles. The molecule has 24 heavy (non-hydrogen) atoms. The summed E-state index contributed by atoms with van der Waals surface area (Å²) in [7, 11) is 1.71. The third-order valence-corrected chi connectivity index (χ3v) is 5.72. The zero-order valence-corrected chi connectivity index (χ0v) is 15.6. The molecule has 1 aliphatic carbocycles. The Balaban J connectivity index is 0.00000208. The van der Waals surface area contributed by atoms with Crippen LogP contribution in [0, 0.1) is 5.92 Å². The molecular formula is C17H33ClN4O2. The van der Waals surface area contributed by atoms with Crippen LogP contribution < -0.4 is 16.0 Å². The second-order valence-corrected chi connectivity index (χ2v) is 7.23. The molecular weight excluding hydrogens is 328 g/mol. The maximum absolute atomic E-state index is 11.5. The molecule has 140 valence electrons. The van der Waals surface area contributed by atoms with Crippen molar-refractivity contribution in [3.63, 3.8) is 0 Å². The fraction of sp³-hybridized carbons (Fsp3) is 0.941. The molecule has 3 rings (SSSR count). The number of morpholine rings is 1. The molecule has 3 N–H and O–H groups in total. The molecule has 0 aromatic rings. The number of halogens is 1. The standard InChI is InChI=1S/C17H32N4O2.ClH/c1-18-17(22)11-21-8-5-13(6-9-21)20-15-4-2-3-14(15)16-12-23-10-7-19-16;/h13-16,19-20H,2-12H2,1H3,(H,18,22);1H. The van der Waals surface area contributed by atoms with E-state index < -0.39 is 0 Å². The lowest BCUT2D eigenvalue weighted by molar-refractivity contribution is -0.122. The first-order chi connectivity index (χ1) is 11.3. The molecule has 2 heterocycles. The van der Waals surface area contributed by atoms with Gasteiger partial charge in [0, 0.05) is 44.8 Å². The van der Waals surface area contributed by atoms with Crippen molar-refractivity contribution in [2.24, 2.45) is 5.92 Å². The maximum atomic E-state index is 11.5. The summed E-state index contributed by atoms with van der Waals surface area (Å²) in [6.45, 7) is 5.30. The third kappa shape index (κ3) is 5.30. The highest BCUT2D eigenvalue weighted by Gasteiger charge is 2.36. The normalized spacial score (nSPS) is 32.3. The number of carbonyl (C=O) groups excluding carboxylic acids is 1. The van der Waals surface area contributed by atoms with E-state index in [2.05, 4.69) is 20.9 Å². The molecule has 3 unspecified atom stereocenters. The van der Waals surface area contributed by atoms with Gasteiger partial charge in [0.15, 0.2) is 0 Å². The van der Waals surface area contributed by atoms with Gasteiger partial charge in [-0.3, -0.25) is 9.69 Å². The first-order valence-corrected chi connectivity index (χ1v) is 9.26. The summed E-state index contributed by atoms with van der Waals surface area (Å²) in [5, 5.41) is 10.3. The fourth-order valence-corrected chi connectivity index (χ4v) is 4.38. The lowest BCUT2D eigenvalue weighted by Gasteiger charge is -2.37. The second kappa shape index (κ2) is 9.92. The minimum Gasteiger partial charge on any atom is -0.379 e. The Morgan fingerprint density at radius 2 is 2.04 bits per heavy atom. The van der Waals surface area contributed by atoms with E-state index in [1.165, 1.54) is 19.3 Å². The summed E-state index contributed by atoms with van der Waals surface area (Å²) >= 11 is 0. The number of hydrogen-bond acceptors (Lipinski definition) is 5. The van der Waals surface area contributed by atoms with Gasteiger partial charge in [-0.05, 0) is 31.6 Å². The van der Waals surface area contributed by atoms with Crippen LogP contribution in [0.5, 0.6) is 0 Å². The predicted molar refractivity (Wildman–Crippen MR) is 97.7 cm³/mol. The number of ether oxygens (including phenoxy) is 1. The van der Waals surface area contributed by atoms with Crippen molar-refractivity contribution >= 4 is 18.3 Å². The maximum Gasteiger partial charge on any atom is 0.233 e. The molecule has 3 fully saturated rings. The van der Waals surface area contributed by atoms with Crippen LogP contribution >= 0.6 is 12.4 Å². The monoisotopic (exact) mass is 360 g/mol. The fourth-order valence-electron chi connectivity index (χ4n) is 4.38. The number of likely N-dealkylation sites (N-methyl/N-ethyl adjacent to an activating group) is 1. The Morgan fingerprint density at radius 3 is 2.71 bits per heavy atom. The number of piperidine rings is 1. The van der Waals surface area contributed by atoms with Crippen LogP contribution in [0.25, 0.3) is 0 Å². The summed E-state index contributed by atoms with van der Waals surface area (Å²) in [5.41, 5.74) is 0. The van der Waals surface area contributed by atoms with Crippen molar-refractivity contribution in [3.8, 4) is 0 Å². The number of likely N-dealkylation sites (tertiary alicyclic amines) is 1. The smallest absolute Gasteiger partial charge is 0.233 e. The third-order valence-electron chi connectivity index (χ3n) is 5.72. The largest absolute Gasteiger partial charge is 0.379 e. The van der Waals surface area contributed by atoms with Crippen LogP contribution in [0.3, 0.4) is 0 Å². The van der Waals surface area contributed by atoms with Crippen molar-refractivity contribution < 1.29 is 9.53 Å². The Hall–Kier alpha value is -0.400. The van der Waals surface area contributed by atoms with Crippen molar-refractivity contribution in [2.75, 3.05) is 46.4 Å². The van der Waals surface area contributed by atoms with Crippen LogP contribution in [0.2, 0.25) is 0 Å². The summed E-state index contributed by atoms with van der Waals surface area (Å²) < 4.78 is 5.66. The number of hydrogen-bond donors (Lipinski definition) is 3. The first kappa shape index (κ1) is 19.9. The second-order valence-electron chi connectivity index (χ2n) is 7.23. The van der Waals surface area contributed by atoms with Gasteiger partial charge in [0.25, 0.3) is 0 Å². The van der Waals surface area contributed by atoms with E-state index >= 15 is 0 Å². The van der Waals surface area contributed by atoms with Gasteiger partial charge in [0.2, 0.25) is 5.91 Å². The van der Waals surface area contributed by atoms with Crippen LogP contribution in [0.15, 0.2) is 0 Å². The van der Waals surface area contributed by atoms with Crippen molar-refractivity contribution in [2.45, 2.75) is 50.2 Å². The predicted octanol–water partition coefficient (Wildman–Crippen LogP) is 0.365. The molecule has 3 atom stereocenters. The number of nitrogens with one attached hydrogen (secondary N) is 3. The molecule has 2 saturated heterocycles. The van der Waals surface area contributed by atoms with E-state index in [9.17, 15) is 4.79 Å². The minimum absolute atomic E-state index is 0. The van der Waals surface area contributed by atoms with Crippen molar-refractivity contribution in [1.29, 1.82) is 0 Å². The summed E-state index contributed by atoms with van der Waals surface area (Å²) in [6.07, 6.45) is 6.23.